The van der Waals surface area contributed by atoms with Gasteiger partial charge < -0.3 is 10.6 Å². The van der Waals surface area contributed by atoms with Gasteiger partial charge in [0, 0.05) is 17.1 Å². The van der Waals surface area contributed by atoms with Crippen molar-refractivity contribution < 1.29 is 9.18 Å². The molecule has 0 heterocycles. The molecule has 25 heavy (non-hydrogen) atoms. The van der Waals surface area contributed by atoms with Gasteiger partial charge in [-0.15, -0.1) is 0 Å². The number of amides is 1. The first-order valence-corrected chi connectivity index (χ1v) is 8.07. The Morgan fingerprint density at radius 2 is 1.40 bits per heavy atom. The molecule has 0 saturated carbocycles. The summed E-state index contributed by atoms with van der Waals surface area (Å²) in [5, 5.41) is 6.08. The van der Waals surface area contributed by atoms with Crippen molar-refractivity contribution in [1.82, 2.24) is 0 Å². The van der Waals surface area contributed by atoms with E-state index in [1.165, 1.54) is 12.1 Å². The molecule has 3 aromatic rings. The van der Waals surface area contributed by atoms with Crippen LogP contribution in [0.5, 0.6) is 0 Å². The van der Waals surface area contributed by atoms with Gasteiger partial charge in [-0.3, -0.25) is 4.79 Å². The third kappa shape index (κ3) is 4.67. The highest BCUT2D eigenvalue weighted by molar-refractivity contribution is 5.92. The van der Waals surface area contributed by atoms with Gasteiger partial charge in [0.25, 0.3) is 0 Å². The van der Waals surface area contributed by atoms with Gasteiger partial charge in [-0.2, -0.15) is 0 Å². The Morgan fingerprint density at radius 3 is 2.04 bits per heavy atom. The Kier molecular flexibility index (Phi) is 5.09. The molecule has 126 valence electrons. The number of hydrogen-bond acceptors (Lipinski definition) is 2. The molecule has 0 aromatic heterocycles. The number of benzene rings is 3. The van der Waals surface area contributed by atoms with E-state index in [1.54, 1.807) is 12.1 Å². The number of carbonyl (C=O) groups is 1. The Morgan fingerprint density at radius 1 is 0.840 bits per heavy atom. The van der Waals surface area contributed by atoms with Crippen LogP contribution in [0.4, 0.5) is 21.5 Å². The van der Waals surface area contributed by atoms with Crippen LogP contribution in [0.15, 0.2) is 72.8 Å². The number of hydrogen-bond donors (Lipinski definition) is 2. The van der Waals surface area contributed by atoms with Crippen LogP contribution in [0.3, 0.4) is 0 Å². The second-order valence-electron chi connectivity index (χ2n) is 5.86. The quantitative estimate of drug-likeness (QED) is 0.685. The zero-order valence-corrected chi connectivity index (χ0v) is 13.9. The van der Waals surface area contributed by atoms with E-state index >= 15 is 0 Å². The predicted molar refractivity (Wildman–Crippen MR) is 99.6 cm³/mol. The molecule has 0 aliphatic heterocycles. The summed E-state index contributed by atoms with van der Waals surface area (Å²) in [5.41, 5.74) is 4.54. The molecular formula is C21H19FN2O. The molecule has 0 saturated heterocycles. The first kappa shape index (κ1) is 16.7. The number of nitrogens with one attached hydrogen (secondary N) is 2. The third-order valence-electron chi connectivity index (χ3n) is 3.91. The van der Waals surface area contributed by atoms with Gasteiger partial charge >= 0.3 is 0 Å². The van der Waals surface area contributed by atoms with Crippen molar-refractivity contribution in [2.45, 2.75) is 13.3 Å². The lowest BCUT2D eigenvalue weighted by atomic mass is 10.1. The molecule has 3 nitrogen and oxygen atoms in total. The van der Waals surface area contributed by atoms with E-state index in [9.17, 15) is 9.18 Å². The largest absolute Gasteiger partial charge is 0.356 e. The molecule has 0 fully saturated rings. The van der Waals surface area contributed by atoms with Crippen LogP contribution in [0.25, 0.3) is 0 Å². The zero-order chi connectivity index (χ0) is 17.6. The summed E-state index contributed by atoms with van der Waals surface area (Å²) in [7, 11) is 0. The van der Waals surface area contributed by atoms with Crippen LogP contribution in [0, 0.1) is 12.7 Å². The minimum Gasteiger partial charge on any atom is -0.356 e. The number of anilines is 3. The molecular weight excluding hydrogens is 315 g/mol. The highest BCUT2D eigenvalue weighted by Crippen LogP contribution is 2.19. The lowest BCUT2D eigenvalue weighted by Gasteiger charge is -2.09. The fourth-order valence-electron chi connectivity index (χ4n) is 2.52. The molecule has 0 atom stereocenters. The smallest absolute Gasteiger partial charge is 0.228 e. The normalized spacial score (nSPS) is 10.3. The Hall–Kier alpha value is -3.14. The lowest BCUT2D eigenvalue weighted by molar-refractivity contribution is -0.115. The van der Waals surface area contributed by atoms with Crippen molar-refractivity contribution >= 4 is 23.0 Å². The molecule has 0 bridgehead atoms. The average Bonchev–Trinajstić information content (AvgIpc) is 2.61. The van der Waals surface area contributed by atoms with Crippen molar-refractivity contribution in [2.75, 3.05) is 10.6 Å². The molecule has 3 aromatic carbocycles. The van der Waals surface area contributed by atoms with Gasteiger partial charge in [-0.1, -0.05) is 24.3 Å². The average molecular weight is 334 g/mol. The van der Waals surface area contributed by atoms with Crippen LogP contribution in [-0.2, 0) is 11.2 Å². The maximum absolute atomic E-state index is 12.9. The van der Waals surface area contributed by atoms with Crippen LogP contribution in [0.2, 0.25) is 0 Å². The molecule has 0 radical (unpaired) electrons. The Labute approximate surface area is 146 Å². The summed E-state index contributed by atoms with van der Waals surface area (Å²) in [6.45, 7) is 2.00. The van der Waals surface area contributed by atoms with E-state index in [1.807, 2.05) is 55.5 Å². The van der Waals surface area contributed by atoms with E-state index in [2.05, 4.69) is 10.6 Å². The van der Waals surface area contributed by atoms with Crippen LogP contribution in [-0.4, -0.2) is 5.91 Å². The number of carbonyl (C=O) groups excluding carboxylic acids is 1. The summed E-state index contributed by atoms with van der Waals surface area (Å²) < 4.78 is 12.9. The molecule has 0 spiro atoms. The first-order chi connectivity index (χ1) is 12.1. The van der Waals surface area contributed by atoms with Gasteiger partial charge in [0.15, 0.2) is 0 Å². The second kappa shape index (κ2) is 7.62. The number of aryl methyl sites for hydroxylation is 1. The van der Waals surface area contributed by atoms with E-state index < -0.39 is 0 Å². The molecule has 4 heteroatoms. The van der Waals surface area contributed by atoms with Crippen molar-refractivity contribution in [3.63, 3.8) is 0 Å². The van der Waals surface area contributed by atoms with Crippen molar-refractivity contribution in [3.05, 3.63) is 89.7 Å². The molecule has 2 N–H and O–H groups in total. The SMILES string of the molecule is Cc1ccccc1CC(=O)Nc1ccc(Nc2ccc(F)cc2)cc1. The van der Waals surface area contributed by atoms with Crippen molar-refractivity contribution in [3.8, 4) is 0 Å². The van der Waals surface area contributed by atoms with E-state index in [0.717, 1.165) is 28.2 Å². The van der Waals surface area contributed by atoms with Gasteiger partial charge in [-0.05, 0) is 66.6 Å². The summed E-state index contributed by atoms with van der Waals surface area (Å²) in [4.78, 5) is 12.2. The minimum atomic E-state index is -0.266. The third-order valence-corrected chi connectivity index (χ3v) is 3.91. The molecule has 0 unspecified atom stereocenters. The summed E-state index contributed by atoms with van der Waals surface area (Å²) in [6.07, 6.45) is 0.349. The first-order valence-electron chi connectivity index (χ1n) is 8.07. The van der Waals surface area contributed by atoms with E-state index in [0.29, 0.717) is 6.42 Å². The van der Waals surface area contributed by atoms with E-state index in [4.69, 9.17) is 0 Å². The summed E-state index contributed by atoms with van der Waals surface area (Å²) in [5.74, 6) is -0.314. The van der Waals surface area contributed by atoms with Gasteiger partial charge in [0.1, 0.15) is 5.82 Å². The summed E-state index contributed by atoms with van der Waals surface area (Å²) in [6, 6.07) is 21.4. The highest BCUT2D eigenvalue weighted by Gasteiger charge is 2.06. The molecule has 3 rings (SSSR count). The molecule has 1 amide bonds. The topological polar surface area (TPSA) is 41.1 Å². The van der Waals surface area contributed by atoms with Crippen molar-refractivity contribution in [2.24, 2.45) is 0 Å². The minimum absolute atomic E-state index is 0.0476. The van der Waals surface area contributed by atoms with Gasteiger partial charge in [0.2, 0.25) is 5.91 Å². The fraction of sp³-hybridized carbons (Fsp3) is 0.0952. The number of halogens is 1. The maximum Gasteiger partial charge on any atom is 0.228 e. The predicted octanol–water partition coefficient (Wildman–Crippen LogP) is 5.06. The maximum atomic E-state index is 12.9. The van der Waals surface area contributed by atoms with Crippen LogP contribution < -0.4 is 10.6 Å². The summed E-state index contributed by atoms with van der Waals surface area (Å²) >= 11 is 0. The Bertz CT molecular complexity index is 858. The molecule has 0 aliphatic carbocycles. The lowest BCUT2D eigenvalue weighted by Crippen LogP contribution is -2.14. The number of rotatable bonds is 5. The van der Waals surface area contributed by atoms with Crippen LogP contribution >= 0.6 is 0 Å². The van der Waals surface area contributed by atoms with Gasteiger partial charge in [-0.25, -0.2) is 4.39 Å². The Balaban J connectivity index is 1.59. The zero-order valence-electron chi connectivity index (χ0n) is 13.9. The standard InChI is InChI=1S/C21H19FN2O/c1-15-4-2-3-5-16(15)14-21(25)24-20-12-10-19(11-13-20)23-18-8-6-17(22)7-9-18/h2-13,23H,14H2,1H3,(H,24,25). The highest BCUT2D eigenvalue weighted by atomic mass is 19.1. The van der Waals surface area contributed by atoms with Crippen molar-refractivity contribution in [1.29, 1.82) is 0 Å². The molecule has 0 aliphatic rings. The van der Waals surface area contributed by atoms with Gasteiger partial charge in [0.05, 0.1) is 6.42 Å². The monoisotopic (exact) mass is 334 g/mol. The van der Waals surface area contributed by atoms with Crippen LogP contribution in [0.1, 0.15) is 11.1 Å². The second-order valence-corrected chi connectivity index (χ2v) is 5.86. The van der Waals surface area contributed by atoms with E-state index in [-0.39, 0.29) is 11.7 Å². The fourth-order valence-corrected chi connectivity index (χ4v) is 2.52.